The van der Waals surface area contributed by atoms with E-state index in [0.717, 1.165) is 6.07 Å². The van der Waals surface area contributed by atoms with Crippen LogP contribution in [-0.2, 0) is 0 Å². The van der Waals surface area contributed by atoms with E-state index in [4.69, 9.17) is 9.84 Å². The molecule has 0 saturated carbocycles. The number of phenols is 1. The number of hydrogen-bond donors (Lipinski definition) is 1. The Bertz CT molecular complexity index is 1050. The van der Waals surface area contributed by atoms with Gasteiger partial charge in [0.05, 0.1) is 12.2 Å². The van der Waals surface area contributed by atoms with Gasteiger partial charge in [0.15, 0.2) is 17.4 Å². The second-order valence-corrected chi connectivity index (χ2v) is 6.04. The van der Waals surface area contributed by atoms with E-state index in [0.29, 0.717) is 24.3 Å². The molecular formula is C22H17F3N2O2. The number of rotatable bonds is 7. The molecule has 0 amide bonds. The van der Waals surface area contributed by atoms with Gasteiger partial charge in [-0.3, -0.25) is 0 Å². The first-order valence-electron chi connectivity index (χ1n) is 8.70. The molecule has 0 aliphatic carbocycles. The van der Waals surface area contributed by atoms with Crippen molar-refractivity contribution in [3.05, 3.63) is 84.0 Å². The SMILES string of the molecule is C=CCCOc1ccc(-c2ncc(/C=C/c3ccc(O)c(F)c3F)cn2)c(F)c1. The third kappa shape index (κ3) is 4.82. The number of hydrogen-bond acceptors (Lipinski definition) is 4. The van der Waals surface area contributed by atoms with Crippen molar-refractivity contribution < 1.29 is 23.0 Å². The molecule has 7 heteroatoms. The van der Waals surface area contributed by atoms with Crippen molar-refractivity contribution in [1.29, 1.82) is 0 Å². The van der Waals surface area contributed by atoms with Gasteiger partial charge in [-0.05, 0) is 30.7 Å². The number of phenolic OH excluding ortho intramolecular Hbond substituents is 1. The Morgan fingerprint density at radius 1 is 1.00 bits per heavy atom. The zero-order valence-corrected chi connectivity index (χ0v) is 15.3. The van der Waals surface area contributed by atoms with E-state index in [-0.39, 0.29) is 17.0 Å². The topological polar surface area (TPSA) is 55.2 Å². The average molecular weight is 398 g/mol. The minimum atomic E-state index is -1.31. The lowest BCUT2D eigenvalue weighted by Crippen LogP contribution is -1.97. The Morgan fingerprint density at radius 3 is 2.45 bits per heavy atom. The Morgan fingerprint density at radius 2 is 1.76 bits per heavy atom. The van der Waals surface area contributed by atoms with Crippen LogP contribution in [0.3, 0.4) is 0 Å². The lowest BCUT2D eigenvalue weighted by molar-refractivity contribution is 0.323. The van der Waals surface area contributed by atoms with Gasteiger partial charge in [-0.1, -0.05) is 18.2 Å². The zero-order chi connectivity index (χ0) is 20.8. The van der Waals surface area contributed by atoms with Crippen LogP contribution in [0.5, 0.6) is 11.5 Å². The molecule has 0 bridgehead atoms. The predicted octanol–water partition coefficient (Wildman–Crippen LogP) is 5.39. The monoisotopic (exact) mass is 398 g/mol. The molecule has 2 aromatic carbocycles. The van der Waals surface area contributed by atoms with Crippen LogP contribution in [0, 0.1) is 17.5 Å². The van der Waals surface area contributed by atoms with Gasteiger partial charge >= 0.3 is 0 Å². The lowest BCUT2D eigenvalue weighted by atomic mass is 10.1. The molecule has 4 nitrogen and oxygen atoms in total. The molecule has 148 valence electrons. The smallest absolute Gasteiger partial charge is 0.200 e. The van der Waals surface area contributed by atoms with Crippen LogP contribution in [0.4, 0.5) is 13.2 Å². The highest BCUT2D eigenvalue weighted by Crippen LogP contribution is 2.25. The molecule has 0 spiro atoms. The number of aromatic hydroxyl groups is 1. The predicted molar refractivity (Wildman–Crippen MR) is 105 cm³/mol. The van der Waals surface area contributed by atoms with Gasteiger partial charge in [-0.2, -0.15) is 4.39 Å². The van der Waals surface area contributed by atoms with Crippen molar-refractivity contribution in [1.82, 2.24) is 9.97 Å². The second-order valence-electron chi connectivity index (χ2n) is 6.04. The van der Waals surface area contributed by atoms with E-state index in [1.54, 1.807) is 12.1 Å². The van der Waals surface area contributed by atoms with E-state index in [9.17, 15) is 13.2 Å². The third-order valence-electron chi connectivity index (χ3n) is 3.99. The first-order valence-corrected chi connectivity index (χ1v) is 8.70. The van der Waals surface area contributed by atoms with Crippen LogP contribution >= 0.6 is 0 Å². The van der Waals surface area contributed by atoms with Crippen molar-refractivity contribution >= 4 is 12.2 Å². The summed E-state index contributed by atoms with van der Waals surface area (Å²) in [5.74, 6) is -3.17. The summed E-state index contributed by atoms with van der Waals surface area (Å²) in [6, 6.07) is 6.72. The highest BCUT2D eigenvalue weighted by Gasteiger charge is 2.11. The van der Waals surface area contributed by atoms with Gasteiger partial charge in [0.2, 0.25) is 5.82 Å². The molecule has 0 aliphatic heterocycles. The van der Waals surface area contributed by atoms with Crippen LogP contribution in [0.2, 0.25) is 0 Å². The van der Waals surface area contributed by atoms with E-state index < -0.39 is 23.2 Å². The van der Waals surface area contributed by atoms with Gasteiger partial charge < -0.3 is 9.84 Å². The largest absolute Gasteiger partial charge is 0.505 e. The van der Waals surface area contributed by atoms with Gasteiger partial charge in [0.25, 0.3) is 0 Å². The van der Waals surface area contributed by atoms with Crippen molar-refractivity contribution in [3.63, 3.8) is 0 Å². The maximum atomic E-state index is 14.3. The van der Waals surface area contributed by atoms with Crippen LogP contribution < -0.4 is 4.74 Å². The van der Waals surface area contributed by atoms with E-state index in [1.807, 2.05) is 0 Å². The molecule has 3 rings (SSSR count). The fourth-order valence-corrected chi connectivity index (χ4v) is 2.46. The molecular weight excluding hydrogens is 381 g/mol. The van der Waals surface area contributed by atoms with Gasteiger partial charge in [0.1, 0.15) is 11.6 Å². The Labute approximate surface area is 165 Å². The molecule has 0 saturated heterocycles. The highest BCUT2D eigenvalue weighted by molar-refractivity contribution is 5.70. The molecule has 0 unspecified atom stereocenters. The van der Waals surface area contributed by atoms with Crippen LogP contribution in [-0.4, -0.2) is 21.7 Å². The molecule has 1 heterocycles. The fourth-order valence-electron chi connectivity index (χ4n) is 2.46. The van der Waals surface area contributed by atoms with Crippen molar-refractivity contribution in [2.45, 2.75) is 6.42 Å². The number of nitrogens with zero attached hydrogens (tertiary/aromatic N) is 2. The number of benzene rings is 2. The molecule has 3 aromatic rings. The molecule has 0 aliphatic rings. The number of halogens is 3. The summed E-state index contributed by atoms with van der Waals surface area (Å²) in [5.41, 5.74) is 0.678. The Kier molecular flexibility index (Phi) is 6.29. The van der Waals surface area contributed by atoms with Gasteiger partial charge in [-0.25, -0.2) is 18.7 Å². The summed E-state index contributed by atoms with van der Waals surface area (Å²) in [6.45, 7) is 4.00. The first-order chi connectivity index (χ1) is 14.0. The lowest BCUT2D eigenvalue weighted by Gasteiger charge is -2.07. The van der Waals surface area contributed by atoms with Crippen molar-refractivity contribution in [3.8, 4) is 22.9 Å². The normalized spacial score (nSPS) is 11.0. The summed E-state index contributed by atoms with van der Waals surface area (Å²) in [4.78, 5) is 8.23. The summed E-state index contributed by atoms with van der Waals surface area (Å²) < 4.78 is 46.9. The zero-order valence-electron chi connectivity index (χ0n) is 15.3. The summed E-state index contributed by atoms with van der Waals surface area (Å²) in [5, 5.41) is 9.14. The Hall–Kier alpha value is -3.61. The van der Waals surface area contributed by atoms with E-state index in [1.165, 1.54) is 42.7 Å². The van der Waals surface area contributed by atoms with Crippen LogP contribution in [0.1, 0.15) is 17.5 Å². The molecule has 0 radical (unpaired) electrons. The number of ether oxygens (including phenoxy) is 1. The standard InChI is InChI=1S/C22H17F3N2O2/c1-2-3-10-29-16-7-8-17(18(23)11-16)22-26-12-14(13-27-22)4-5-15-6-9-19(28)21(25)20(15)24/h2,4-9,11-13,28H,1,3,10H2/b5-4+. The van der Waals surface area contributed by atoms with Crippen LogP contribution in [0.15, 0.2) is 55.4 Å². The first kappa shape index (κ1) is 20.1. The van der Waals surface area contributed by atoms with Gasteiger partial charge in [-0.15, -0.1) is 6.58 Å². The maximum absolute atomic E-state index is 14.3. The van der Waals surface area contributed by atoms with Gasteiger partial charge in [0, 0.05) is 29.6 Å². The van der Waals surface area contributed by atoms with E-state index in [2.05, 4.69) is 16.5 Å². The molecule has 1 N–H and O–H groups in total. The molecule has 29 heavy (non-hydrogen) atoms. The van der Waals surface area contributed by atoms with Crippen molar-refractivity contribution in [2.24, 2.45) is 0 Å². The average Bonchev–Trinajstić information content (AvgIpc) is 2.72. The summed E-state index contributed by atoms with van der Waals surface area (Å²) >= 11 is 0. The van der Waals surface area contributed by atoms with E-state index >= 15 is 0 Å². The maximum Gasteiger partial charge on any atom is 0.200 e. The Balaban J connectivity index is 1.75. The summed E-state index contributed by atoms with van der Waals surface area (Å²) in [7, 11) is 0. The second kappa shape index (κ2) is 9.05. The summed E-state index contributed by atoms with van der Waals surface area (Å²) in [6.07, 6.45) is 8.03. The quantitative estimate of drug-likeness (QED) is 0.428. The molecule has 1 aromatic heterocycles. The number of aromatic nitrogens is 2. The van der Waals surface area contributed by atoms with Crippen LogP contribution in [0.25, 0.3) is 23.5 Å². The molecule has 0 atom stereocenters. The fraction of sp³-hybridized carbons (Fsp3) is 0.0909. The highest BCUT2D eigenvalue weighted by atomic mass is 19.2. The third-order valence-corrected chi connectivity index (χ3v) is 3.99. The van der Waals surface area contributed by atoms with Crippen molar-refractivity contribution in [2.75, 3.05) is 6.61 Å². The minimum Gasteiger partial charge on any atom is -0.505 e. The minimum absolute atomic E-state index is 0.0394. The molecule has 0 fully saturated rings.